The predicted octanol–water partition coefficient (Wildman–Crippen LogP) is 5.88. The Bertz CT molecular complexity index is 1410. The number of carbonyl (C=O) groups excluding carboxylic acids is 2. The van der Waals surface area contributed by atoms with Crippen LogP contribution in [0.25, 0.3) is 0 Å². The van der Waals surface area contributed by atoms with E-state index < -0.39 is 28.5 Å². The number of sulfonamides is 1. The summed E-state index contributed by atoms with van der Waals surface area (Å²) in [5.74, 6) is -0.780. The zero-order valence-electron chi connectivity index (χ0n) is 23.6. The van der Waals surface area contributed by atoms with Gasteiger partial charge in [-0.3, -0.25) is 13.9 Å². The molecule has 0 fully saturated rings. The molecule has 0 aliphatic carbocycles. The number of hydrogen-bond acceptors (Lipinski definition) is 4. The minimum absolute atomic E-state index is 0.0598. The van der Waals surface area contributed by atoms with Crippen LogP contribution in [0.3, 0.4) is 0 Å². The lowest BCUT2D eigenvalue weighted by atomic mass is 10.1. The van der Waals surface area contributed by atoms with Crippen molar-refractivity contribution in [3.05, 3.63) is 94.5 Å². The van der Waals surface area contributed by atoms with E-state index in [2.05, 4.69) is 5.32 Å². The van der Waals surface area contributed by atoms with Gasteiger partial charge in [0.05, 0.1) is 10.6 Å². The second-order valence-electron chi connectivity index (χ2n) is 9.80. The molecule has 0 saturated heterocycles. The van der Waals surface area contributed by atoms with Crippen LogP contribution >= 0.6 is 11.6 Å². The van der Waals surface area contributed by atoms with Crippen molar-refractivity contribution in [3.63, 3.8) is 0 Å². The van der Waals surface area contributed by atoms with Gasteiger partial charge in [0.25, 0.3) is 10.0 Å². The first kappa shape index (κ1) is 31.2. The van der Waals surface area contributed by atoms with E-state index in [1.54, 1.807) is 42.5 Å². The molecule has 1 N–H and O–H groups in total. The largest absolute Gasteiger partial charge is 0.354 e. The van der Waals surface area contributed by atoms with Gasteiger partial charge in [0.1, 0.15) is 12.6 Å². The average Bonchev–Trinajstić information content (AvgIpc) is 2.93. The van der Waals surface area contributed by atoms with Gasteiger partial charge in [0, 0.05) is 18.1 Å². The molecule has 1 atom stereocenters. The number of nitrogens with zero attached hydrogens (tertiary/aromatic N) is 2. The first-order valence-corrected chi connectivity index (χ1v) is 15.4. The van der Waals surface area contributed by atoms with Crippen LogP contribution in [0.2, 0.25) is 5.02 Å². The topological polar surface area (TPSA) is 86.8 Å². The SMILES string of the molecule is CCCCNC(=O)C(CC)N(Cc1ccccc1Cl)C(=O)CN(c1ccc(C)cc1C)S(=O)(=O)c1ccccc1. The third-order valence-corrected chi connectivity index (χ3v) is 8.89. The van der Waals surface area contributed by atoms with E-state index in [0.717, 1.165) is 22.7 Å². The van der Waals surface area contributed by atoms with Crippen molar-refractivity contribution in [3.8, 4) is 0 Å². The number of benzene rings is 3. The van der Waals surface area contributed by atoms with E-state index in [0.29, 0.717) is 34.8 Å². The molecule has 2 amide bonds. The van der Waals surface area contributed by atoms with Crippen LogP contribution in [-0.2, 0) is 26.2 Å². The van der Waals surface area contributed by atoms with Crippen molar-refractivity contribution < 1.29 is 18.0 Å². The number of aryl methyl sites for hydroxylation is 2. The number of halogens is 1. The van der Waals surface area contributed by atoms with Gasteiger partial charge in [-0.05, 0) is 62.1 Å². The Balaban J connectivity index is 2.07. The average molecular weight is 584 g/mol. The summed E-state index contributed by atoms with van der Waals surface area (Å²) in [6.45, 7) is 7.68. The number of unbranched alkanes of at least 4 members (excludes halogenated alkanes) is 1. The monoisotopic (exact) mass is 583 g/mol. The van der Waals surface area contributed by atoms with Gasteiger partial charge in [0.15, 0.2) is 0 Å². The van der Waals surface area contributed by atoms with E-state index in [1.165, 1.54) is 17.0 Å². The normalized spacial score (nSPS) is 12.0. The molecular formula is C31H38ClN3O4S. The molecule has 1 unspecified atom stereocenters. The molecule has 3 rings (SSSR count). The smallest absolute Gasteiger partial charge is 0.264 e. The molecule has 0 saturated carbocycles. The maximum atomic E-state index is 14.1. The molecule has 3 aromatic carbocycles. The van der Waals surface area contributed by atoms with Gasteiger partial charge in [-0.15, -0.1) is 0 Å². The number of carbonyl (C=O) groups is 2. The molecule has 0 bridgehead atoms. The van der Waals surface area contributed by atoms with Gasteiger partial charge < -0.3 is 10.2 Å². The number of nitrogens with one attached hydrogen (secondary N) is 1. The van der Waals surface area contributed by atoms with Crippen molar-refractivity contribution in [1.82, 2.24) is 10.2 Å². The third kappa shape index (κ3) is 7.64. The molecule has 0 radical (unpaired) electrons. The Labute approximate surface area is 243 Å². The Kier molecular flexibility index (Phi) is 11.2. The van der Waals surface area contributed by atoms with Gasteiger partial charge in [0.2, 0.25) is 11.8 Å². The standard InChI is InChI=1S/C31H38ClN3O4S/c1-5-7-19-33-31(37)28(6-2)34(21-25-13-11-12-16-27(25)32)30(36)22-35(29-18-17-23(3)20-24(29)4)40(38,39)26-14-9-8-10-15-26/h8-18,20,28H,5-7,19,21-22H2,1-4H3,(H,33,37). The molecule has 0 aromatic heterocycles. The quantitative estimate of drug-likeness (QED) is 0.255. The van der Waals surface area contributed by atoms with E-state index in [4.69, 9.17) is 11.6 Å². The Hall–Kier alpha value is -3.36. The molecule has 7 nitrogen and oxygen atoms in total. The van der Waals surface area contributed by atoms with Crippen LogP contribution in [0.4, 0.5) is 5.69 Å². The van der Waals surface area contributed by atoms with Crippen molar-refractivity contribution in [2.45, 2.75) is 64.4 Å². The zero-order valence-corrected chi connectivity index (χ0v) is 25.1. The Morgan fingerprint density at radius 1 is 0.950 bits per heavy atom. The second kappa shape index (κ2) is 14.3. The highest BCUT2D eigenvalue weighted by molar-refractivity contribution is 7.92. The lowest BCUT2D eigenvalue weighted by Gasteiger charge is -2.33. The molecular weight excluding hydrogens is 546 g/mol. The maximum absolute atomic E-state index is 14.1. The fourth-order valence-corrected chi connectivity index (χ4v) is 6.25. The summed E-state index contributed by atoms with van der Waals surface area (Å²) < 4.78 is 29.0. The Morgan fingerprint density at radius 3 is 2.25 bits per heavy atom. The van der Waals surface area contributed by atoms with Crippen LogP contribution in [-0.4, -0.2) is 44.3 Å². The van der Waals surface area contributed by atoms with Crippen molar-refractivity contribution >= 4 is 39.1 Å². The van der Waals surface area contributed by atoms with Gasteiger partial charge in [-0.25, -0.2) is 8.42 Å². The summed E-state index contributed by atoms with van der Waals surface area (Å²) in [7, 11) is -4.11. The molecule has 0 aliphatic rings. The minimum Gasteiger partial charge on any atom is -0.354 e. The van der Waals surface area contributed by atoms with Gasteiger partial charge >= 0.3 is 0 Å². The zero-order chi connectivity index (χ0) is 29.3. The molecule has 0 aliphatic heterocycles. The summed E-state index contributed by atoms with van der Waals surface area (Å²) in [5, 5.41) is 3.39. The number of rotatable bonds is 13. The molecule has 214 valence electrons. The van der Waals surface area contributed by atoms with E-state index in [9.17, 15) is 18.0 Å². The molecule has 3 aromatic rings. The fraction of sp³-hybridized carbons (Fsp3) is 0.355. The summed E-state index contributed by atoms with van der Waals surface area (Å²) in [5.41, 5.74) is 2.76. The van der Waals surface area contributed by atoms with Crippen LogP contribution < -0.4 is 9.62 Å². The lowest BCUT2D eigenvalue weighted by Crippen LogP contribution is -2.52. The van der Waals surface area contributed by atoms with Crippen molar-refractivity contribution in [1.29, 1.82) is 0 Å². The summed E-state index contributed by atoms with van der Waals surface area (Å²) in [6.07, 6.45) is 2.08. The maximum Gasteiger partial charge on any atom is 0.264 e. The third-order valence-electron chi connectivity index (χ3n) is 6.75. The van der Waals surface area contributed by atoms with Crippen LogP contribution in [0.1, 0.15) is 49.8 Å². The predicted molar refractivity (Wildman–Crippen MR) is 161 cm³/mol. The molecule has 0 spiro atoms. The van der Waals surface area contributed by atoms with Crippen LogP contribution in [0.5, 0.6) is 0 Å². The fourth-order valence-electron chi connectivity index (χ4n) is 4.55. The number of hydrogen-bond donors (Lipinski definition) is 1. The number of anilines is 1. The van der Waals surface area contributed by atoms with Crippen LogP contribution in [0.15, 0.2) is 77.7 Å². The molecule has 0 heterocycles. The van der Waals surface area contributed by atoms with Gasteiger partial charge in [-0.1, -0.05) is 86.0 Å². The van der Waals surface area contributed by atoms with Crippen LogP contribution in [0, 0.1) is 13.8 Å². The van der Waals surface area contributed by atoms with E-state index in [1.807, 2.05) is 45.9 Å². The highest BCUT2D eigenvalue weighted by Gasteiger charge is 2.34. The molecule has 9 heteroatoms. The van der Waals surface area contributed by atoms with E-state index in [-0.39, 0.29) is 17.3 Å². The van der Waals surface area contributed by atoms with Crippen molar-refractivity contribution in [2.24, 2.45) is 0 Å². The first-order valence-electron chi connectivity index (χ1n) is 13.6. The first-order chi connectivity index (χ1) is 19.1. The van der Waals surface area contributed by atoms with Gasteiger partial charge in [-0.2, -0.15) is 0 Å². The Morgan fingerprint density at radius 2 is 1.62 bits per heavy atom. The second-order valence-corrected chi connectivity index (χ2v) is 12.1. The summed E-state index contributed by atoms with van der Waals surface area (Å²) >= 11 is 6.45. The van der Waals surface area contributed by atoms with Crippen molar-refractivity contribution in [2.75, 3.05) is 17.4 Å². The molecule has 40 heavy (non-hydrogen) atoms. The van der Waals surface area contributed by atoms with E-state index >= 15 is 0 Å². The summed E-state index contributed by atoms with van der Waals surface area (Å²) in [4.78, 5) is 28.9. The summed E-state index contributed by atoms with van der Waals surface area (Å²) in [6, 6.07) is 19.8. The highest BCUT2D eigenvalue weighted by Crippen LogP contribution is 2.28. The minimum atomic E-state index is -4.11. The number of amides is 2. The lowest BCUT2D eigenvalue weighted by molar-refractivity contribution is -0.140. The highest BCUT2D eigenvalue weighted by atomic mass is 35.5.